The van der Waals surface area contributed by atoms with Crippen LogP contribution in [0.5, 0.6) is 0 Å². The van der Waals surface area contributed by atoms with E-state index in [1.807, 2.05) is 6.92 Å². The van der Waals surface area contributed by atoms with Gasteiger partial charge in [0.1, 0.15) is 12.2 Å². The fourth-order valence-electron chi connectivity index (χ4n) is 1.09. The van der Waals surface area contributed by atoms with Crippen LogP contribution >= 0.6 is 0 Å². The molecule has 0 rings (SSSR count). The third kappa shape index (κ3) is 3.06. The summed E-state index contributed by atoms with van der Waals surface area (Å²) in [5, 5.41) is 8.91. The van der Waals surface area contributed by atoms with Crippen molar-refractivity contribution in [1.82, 2.24) is 0 Å². The van der Waals surface area contributed by atoms with E-state index in [9.17, 15) is 0 Å². The van der Waals surface area contributed by atoms with E-state index in [1.165, 1.54) is 7.11 Å². The van der Waals surface area contributed by atoms with Crippen LogP contribution in [0.15, 0.2) is 0 Å². The van der Waals surface area contributed by atoms with Crippen LogP contribution in [0.4, 0.5) is 0 Å². The quantitative estimate of drug-likeness (QED) is 0.624. The summed E-state index contributed by atoms with van der Waals surface area (Å²) in [5.41, 5.74) is 0. The minimum atomic E-state index is -0.329. The van der Waals surface area contributed by atoms with E-state index < -0.39 is 0 Å². The number of rotatable bonds is 6. The summed E-state index contributed by atoms with van der Waals surface area (Å²) in [4.78, 5) is 0. The molecule has 4 nitrogen and oxygen atoms in total. The van der Waals surface area contributed by atoms with Gasteiger partial charge >= 0.3 is 0 Å². The van der Waals surface area contributed by atoms with Gasteiger partial charge in [-0.15, -0.1) is 0 Å². The van der Waals surface area contributed by atoms with E-state index in [4.69, 9.17) is 19.3 Å². The highest BCUT2D eigenvalue weighted by molar-refractivity contribution is 4.75. The maximum Gasteiger partial charge on any atom is 0.111 e. The van der Waals surface area contributed by atoms with Crippen molar-refractivity contribution in [3.63, 3.8) is 0 Å². The van der Waals surface area contributed by atoms with E-state index in [2.05, 4.69) is 0 Å². The van der Waals surface area contributed by atoms with Gasteiger partial charge in [-0.25, -0.2) is 0 Å². The molecule has 74 valence electrons. The smallest absolute Gasteiger partial charge is 0.111 e. The molecular formula is C8H18O4. The molecule has 0 bridgehead atoms. The second-order valence-electron chi connectivity index (χ2n) is 2.60. The van der Waals surface area contributed by atoms with Crippen molar-refractivity contribution in [3.8, 4) is 0 Å². The van der Waals surface area contributed by atoms with Gasteiger partial charge in [-0.2, -0.15) is 0 Å². The second-order valence-corrected chi connectivity index (χ2v) is 2.60. The van der Waals surface area contributed by atoms with Crippen molar-refractivity contribution in [1.29, 1.82) is 0 Å². The van der Waals surface area contributed by atoms with Crippen molar-refractivity contribution >= 4 is 0 Å². The van der Waals surface area contributed by atoms with Crippen molar-refractivity contribution < 1.29 is 19.3 Å². The van der Waals surface area contributed by atoms with Crippen LogP contribution in [-0.2, 0) is 14.2 Å². The second kappa shape index (κ2) is 6.37. The molecular weight excluding hydrogens is 160 g/mol. The van der Waals surface area contributed by atoms with Crippen LogP contribution in [0, 0.1) is 0 Å². The van der Waals surface area contributed by atoms with Gasteiger partial charge in [-0.05, 0) is 6.92 Å². The van der Waals surface area contributed by atoms with Crippen molar-refractivity contribution in [2.75, 3.05) is 27.9 Å². The predicted octanol–water partition coefficient (Wildman–Crippen LogP) is 0.0436. The minimum Gasteiger partial charge on any atom is -0.394 e. The monoisotopic (exact) mass is 178 g/mol. The first-order chi connectivity index (χ1) is 5.71. The Balaban J connectivity index is 4.09. The van der Waals surface area contributed by atoms with Crippen LogP contribution in [0.3, 0.4) is 0 Å². The molecule has 0 spiro atoms. The zero-order valence-electron chi connectivity index (χ0n) is 8.11. The van der Waals surface area contributed by atoms with Crippen LogP contribution in [0.25, 0.3) is 0 Å². The van der Waals surface area contributed by atoms with E-state index in [1.54, 1.807) is 14.2 Å². The zero-order valence-corrected chi connectivity index (χ0v) is 8.11. The highest BCUT2D eigenvalue weighted by atomic mass is 16.6. The average Bonchev–Trinajstić information content (AvgIpc) is 2.12. The molecule has 0 radical (unpaired) electrons. The Labute approximate surface area is 73.4 Å². The minimum absolute atomic E-state index is 0.0668. The standard InChI is InChI=1S/C8H18O4/c1-6(10-2)8(12-4)7(5-9)11-3/h6-9H,5H2,1-4H3/t6-,7+,8+/m0/s1. The van der Waals surface area contributed by atoms with Gasteiger partial charge in [0.25, 0.3) is 0 Å². The largest absolute Gasteiger partial charge is 0.394 e. The average molecular weight is 178 g/mol. The number of hydrogen-bond acceptors (Lipinski definition) is 4. The molecule has 4 heteroatoms. The lowest BCUT2D eigenvalue weighted by molar-refractivity contribution is -0.114. The van der Waals surface area contributed by atoms with Gasteiger partial charge in [-0.3, -0.25) is 0 Å². The third-order valence-electron chi connectivity index (χ3n) is 1.96. The summed E-state index contributed by atoms with van der Waals surface area (Å²) in [7, 11) is 4.71. The lowest BCUT2D eigenvalue weighted by Crippen LogP contribution is -2.41. The lowest BCUT2D eigenvalue weighted by Gasteiger charge is -2.27. The number of hydrogen-bond donors (Lipinski definition) is 1. The Morgan fingerprint density at radius 1 is 1.08 bits per heavy atom. The number of ether oxygens (including phenoxy) is 3. The van der Waals surface area contributed by atoms with Gasteiger partial charge < -0.3 is 19.3 Å². The van der Waals surface area contributed by atoms with Crippen LogP contribution in [0.1, 0.15) is 6.92 Å². The van der Waals surface area contributed by atoms with Gasteiger partial charge in [0.2, 0.25) is 0 Å². The Kier molecular flexibility index (Phi) is 6.28. The molecule has 3 atom stereocenters. The third-order valence-corrected chi connectivity index (χ3v) is 1.96. The van der Waals surface area contributed by atoms with Gasteiger partial charge in [0.15, 0.2) is 0 Å². The molecule has 0 aliphatic carbocycles. The number of aliphatic hydroxyl groups excluding tert-OH is 1. The van der Waals surface area contributed by atoms with E-state index in [0.29, 0.717) is 0 Å². The summed E-state index contributed by atoms with van der Waals surface area (Å²) < 4.78 is 15.2. The van der Waals surface area contributed by atoms with Crippen LogP contribution in [0.2, 0.25) is 0 Å². The number of methoxy groups -OCH3 is 3. The summed E-state index contributed by atoms with van der Waals surface area (Å²) >= 11 is 0. The first-order valence-electron chi connectivity index (χ1n) is 3.90. The Morgan fingerprint density at radius 2 is 1.67 bits per heavy atom. The Hall–Kier alpha value is -0.160. The summed E-state index contributed by atoms with van der Waals surface area (Å²) in [5.74, 6) is 0. The van der Waals surface area contributed by atoms with Crippen molar-refractivity contribution in [3.05, 3.63) is 0 Å². The molecule has 12 heavy (non-hydrogen) atoms. The van der Waals surface area contributed by atoms with Crippen LogP contribution in [-0.4, -0.2) is 51.4 Å². The normalized spacial score (nSPS) is 18.8. The summed E-state index contributed by atoms with van der Waals surface area (Å²) in [6.07, 6.45) is -0.651. The molecule has 0 amide bonds. The maximum absolute atomic E-state index is 8.91. The maximum atomic E-state index is 8.91. The zero-order chi connectivity index (χ0) is 9.56. The molecule has 0 heterocycles. The molecule has 1 N–H and O–H groups in total. The highest BCUT2D eigenvalue weighted by Crippen LogP contribution is 2.09. The van der Waals surface area contributed by atoms with Crippen molar-refractivity contribution in [2.24, 2.45) is 0 Å². The Morgan fingerprint density at radius 3 is 1.92 bits per heavy atom. The fraction of sp³-hybridized carbons (Fsp3) is 1.00. The SMILES string of the molecule is CO[C@H]([C@H](C)OC)[C@@H](CO)OC. The molecule has 0 aliphatic heterocycles. The van der Waals surface area contributed by atoms with Gasteiger partial charge in [0.05, 0.1) is 12.7 Å². The van der Waals surface area contributed by atoms with E-state index in [-0.39, 0.29) is 24.9 Å². The van der Waals surface area contributed by atoms with E-state index >= 15 is 0 Å². The molecule has 0 fully saturated rings. The predicted molar refractivity (Wildman–Crippen MR) is 45.2 cm³/mol. The molecule has 0 aliphatic rings. The molecule has 0 aromatic rings. The van der Waals surface area contributed by atoms with Crippen LogP contribution < -0.4 is 0 Å². The summed E-state index contributed by atoms with van der Waals surface area (Å²) in [6.45, 7) is 1.80. The summed E-state index contributed by atoms with van der Waals surface area (Å²) in [6, 6.07) is 0. The van der Waals surface area contributed by atoms with Gasteiger partial charge in [0, 0.05) is 21.3 Å². The van der Waals surface area contributed by atoms with Gasteiger partial charge in [-0.1, -0.05) is 0 Å². The fourth-order valence-corrected chi connectivity index (χ4v) is 1.09. The Bertz CT molecular complexity index is 103. The van der Waals surface area contributed by atoms with Crippen molar-refractivity contribution in [2.45, 2.75) is 25.2 Å². The molecule has 0 saturated carbocycles. The van der Waals surface area contributed by atoms with E-state index in [0.717, 1.165) is 0 Å². The molecule has 0 unspecified atom stereocenters. The number of aliphatic hydroxyl groups is 1. The topological polar surface area (TPSA) is 47.9 Å². The first-order valence-corrected chi connectivity index (χ1v) is 3.90. The molecule has 0 aromatic carbocycles. The lowest BCUT2D eigenvalue weighted by atomic mass is 10.1. The highest BCUT2D eigenvalue weighted by Gasteiger charge is 2.25. The molecule has 0 aromatic heterocycles. The molecule has 0 saturated heterocycles. The first kappa shape index (κ1) is 11.8.